The standard InChI is InChI=1S/C17H29NO2/c1-12(2)11-20-17-8-6-16(7-9-17)15(5)18-13(3)10-14(4)19/h6-9,12-15,18-19H,10-11H2,1-5H3. The molecule has 114 valence electrons. The highest BCUT2D eigenvalue weighted by atomic mass is 16.5. The molecule has 1 rings (SSSR count). The van der Waals surface area contributed by atoms with Crippen molar-refractivity contribution >= 4 is 0 Å². The molecule has 1 aromatic rings. The second-order valence-electron chi connectivity index (χ2n) is 6.15. The van der Waals surface area contributed by atoms with Gasteiger partial charge in [0, 0.05) is 12.1 Å². The van der Waals surface area contributed by atoms with Gasteiger partial charge in [0.05, 0.1) is 12.7 Å². The first-order chi connectivity index (χ1) is 9.38. The van der Waals surface area contributed by atoms with E-state index < -0.39 is 0 Å². The third-order valence-electron chi connectivity index (χ3n) is 3.19. The normalized spacial score (nSPS) is 15.9. The number of rotatable bonds is 8. The van der Waals surface area contributed by atoms with E-state index in [1.165, 1.54) is 5.56 Å². The van der Waals surface area contributed by atoms with E-state index in [2.05, 4.69) is 45.1 Å². The lowest BCUT2D eigenvalue weighted by Gasteiger charge is -2.21. The smallest absolute Gasteiger partial charge is 0.119 e. The summed E-state index contributed by atoms with van der Waals surface area (Å²) >= 11 is 0. The molecule has 0 aromatic heterocycles. The van der Waals surface area contributed by atoms with E-state index in [9.17, 15) is 5.11 Å². The zero-order chi connectivity index (χ0) is 15.1. The summed E-state index contributed by atoms with van der Waals surface area (Å²) in [6.07, 6.45) is 0.497. The monoisotopic (exact) mass is 279 g/mol. The van der Waals surface area contributed by atoms with E-state index in [1.54, 1.807) is 0 Å². The highest BCUT2D eigenvalue weighted by Gasteiger charge is 2.11. The van der Waals surface area contributed by atoms with Crippen molar-refractivity contribution in [3.8, 4) is 5.75 Å². The van der Waals surface area contributed by atoms with Crippen LogP contribution >= 0.6 is 0 Å². The molecule has 1 aromatic carbocycles. The first kappa shape index (κ1) is 17.0. The number of ether oxygens (including phenoxy) is 1. The Hall–Kier alpha value is -1.06. The van der Waals surface area contributed by atoms with Gasteiger partial charge in [0.2, 0.25) is 0 Å². The summed E-state index contributed by atoms with van der Waals surface area (Å²) in [6.45, 7) is 11.1. The predicted molar refractivity (Wildman–Crippen MR) is 84.1 cm³/mol. The fraction of sp³-hybridized carbons (Fsp3) is 0.647. The maximum absolute atomic E-state index is 9.39. The van der Waals surface area contributed by atoms with Gasteiger partial charge in [-0.05, 0) is 50.8 Å². The highest BCUT2D eigenvalue weighted by Crippen LogP contribution is 2.19. The fourth-order valence-electron chi connectivity index (χ4n) is 2.22. The Morgan fingerprint density at radius 1 is 1.05 bits per heavy atom. The number of aliphatic hydroxyl groups is 1. The first-order valence-electron chi connectivity index (χ1n) is 7.55. The minimum atomic E-state index is -0.267. The second-order valence-corrected chi connectivity index (χ2v) is 6.15. The zero-order valence-corrected chi connectivity index (χ0v) is 13.4. The Balaban J connectivity index is 2.50. The molecule has 0 fully saturated rings. The number of benzene rings is 1. The van der Waals surface area contributed by atoms with Crippen LogP contribution in [0.4, 0.5) is 0 Å². The molecule has 0 heterocycles. The molecule has 0 amide bonds. The summed E-state index contributed by atoms with van der Waals surface area (Å²) < 4.78 is 5.68. The van der Waals surface area contributed by atoms with E-state index in [1.807, 2.05) is 19.1 Å². The number of nitrogens with one attached hydrogen (secondary N) is 1. The molecule has 3 atom stereocenters. The maximum atomic E-state index is 9.39. The van der Waals surface area contributed by atoms with Crippen LogP contribution in [0.25, 0.3) is 0 Å². The van der Waals surface area contributed by atoms with Crippen molar-refractivity contribution in [1.82, 2.24) is 5.32 Å². The minimum Gasteiger partial charge on any atom is -0.493 e. The molecule has 0 aliphatic heterocycles. The van der Waals surface area contributed by atoms with Crippen molar-refractivity contribution in [3.05, 3.63) is 29.8 Å². The third-order valence-corrected chi connectivity index (χ3v) is 3.19. The molecule has 0 aliphatic rings. The van der Waals surface area contributed by atoms with Gasteiger partial charge in [0.1, 0.15) is 5.75 Å². The molecular weight excluding hydrogens is 250 g/mol. The topological polar surface area (TPSA) is 41.5 Å². The molecule has 3 nitrogen and oxygen atoms in total. The van der Waals surface area contributed by atoms with Crippen molar-refractivity contribution in [3.63, 3.8) is 0 Å². The van der Waals surface area contributed by atoms with Crippen LogP contribution in [0.15, 0.2) is 24.3 Å². The van der Waals surface area contributed by atoms with E-state index >= 15 is 0 Å². The summed E-state index contributed by atoms with van der Waals surface area (Å²) in [7, 11) is 0. The van der Waals surface area contributed by atoms with Gasteiger partial charge in [-0.2, -0.15) is 0 Å². The summed E-state index contributed by atoms with van der Waals surface area (Å²) in [4.78, 5) is 0. The Labute approximate surface area is 123 Å². The number of hydrogen-bond donors (Lipinski definition) is 2. The molecule has 2 N–H and O–H groups in total. The Kier molecular flexibility index (Phi) is 7.03. The van der Waals surface area contributed by atoms with Crippen LogP contribution in [0.1, 0.15) is 52.6 Å². The van der Waals surface area contributed by atoms with Gasteiger partial charge >= 0.3 is 0 Å². The van der Waals surface area contributed by atoms with Gasteiger partial charge < -0.3 is 15.2 Å². The Bertz CT molecular complexity index is 373. The molecule has 3 unspecified atom stereocenters. The van der Waals surface area contributed by atoms with Crippen molar-refractivity contribution in [1.29, 1.82) is 0 Å². The summed E-state index contributed by atoms with van der Waals surface area (Å²) in [5, 5.41) is 12.9. The molecule has 20 heavy (non-hydrogen) atoms. The molecule has 0 saturated heterocycles. The van der Waals surface area contributed by atoms with Crippen molar-refractivity contribution in [2.45, 2.75) is 59.2 Å². The van der Waals surface area contributed by atoms with Gasteiger partial charge in [0.15, 0.2) is 0 Å². The maximum Gasteiger partial charge on any atom is 0.119 e. The zero-order valence-electron chi connectivity index (χ0n) is 13.4. The molecule has 0 radical (unpaired) electrons. The molecule has 0 saturated carbocycles. The van der Waals surface area contributed by atoms with Crippen LogP contribution < -0.4 is 10.1 Å². The SMILES string of the molecule is CC(C)COc1ccc(C(C)NC(C)CC(C)O)cc1. The predicted octanol–water partition coefficient (Wildman–Crippen LogP) is 3.53. The molecule has 3 heteroatoms. The van der Waals surface area contributed by atoms with Crippen LogP contribution in [0.3, 0.4) is 0 Å². The van der Waals surface area contributed by atoms with Gasteiger partial charge in [-0.15, -0.1) is 0 Å². The first-order valence-corrected chi connectivity index (χ1v) is 7.55. The van der Waals surface area contributed by atoms with Crippen molar-refractivity contribution in [2.75, 3.05) is 6.61 Å². The molecular formula is C17H29NO2. The van der Waals surface area contributed by atoms with Gasteiger partial charge in [-0.3, -0.25) is 0 Å². The van der Waals surface area contributed by atoms with Crippen molar-refractivity contribution in [2.24, 2.45) is 5.92 Å². The summed E-state index contributed by atoms with van der Waals surface area (Å²) in [5.41, 5.74) is 1.24. The molecule has 0 bridgehead atoms. The van der Waals surface area contributed by atoms with E-state index in [0.717, 1.165) is 18.8 Å². The third kappa shape index (κ3) is 6.40. The largest absolute Gasteiger partial charge is 0.493 e. The molecule has 0 aliphatic carbocycles. The average Bonchev–Trinajstić information content (AvgIpc) is 2.35. The quantitative estimate of drug-likeness (QED) is 0.765. The summed E-state index contributed by atoms with van der Waals surface area (Å²) in [6, 6.07) is 8.81. The van der Waals surface area contributed by atoms with Crippen LogP contribution in [-0.2, 0) is 0 Å². The van der Waals surface area contributed by atoms with Crippen LogP contribution in [-0.4, -0.2) is 23.9 Å². The highest BCUT2D eigenvalue weighted by molar-refractivity contribution is 5.29. The van der Waals surface area contributed by atoms with Gasteiger partial charge in [-0.1, -0.05) is 26.0 Å². The van der Waals surface area contributed by atoms with Crippen LogP contribution in [0.2, 0.25) is 0 Å². The van der Waals surface area contributed by atoms with Crippen molar-refractivity contribution < 1.29 is 9.84 Å². The number of hydrogen-bond acceptors (Lipinski definition) is 3. The van der Waals surface area contributed by atoms with E-state index in [-0.39, 0.29) is 12.1 Å². The Morgan fingerprint density at radius 2 is 1.65 bits per heavy atom. The molecule has 0 spiro atoms. The lowest BCUT2D eigenvalue weighted by atomic mass is 10.1. The number of aliphatic hydroxyl groups excluding tert-OH is 1. The van der Waals surface area contributed by atoms with Crippen LogP contribution in [0, 0.1) is 5.92 Å². The van der Waals surface area contributed by atoms with Crippen LogP contribution in [0.5, 0.6) is 5.75 Å². The lowest BCUT2D eigenvalue weighted by molar-refractivity contribution is 0.168. The Morgan fingerprint density at radius 3 is 2.15 bits per heavy atom. The average molecular weight is 279 g/mol. The second kappa shape index (κ2) is 8.28. The van der Waals surface area contributed by atoms with E-state index in [0.29, 0.717) is 12.0 Å². The minimum absolute atomic E-state index is 0.267. The summed E-state index contributed by atoms with van der Waals surface area (Å²) in [5.74, 6) is 1.46. The van der Waals surface area contributed by atoms with Gasteiger partial charge in [-0.25, -0.2) is 0 Å². The van der Waals surface area contributed by atoms with Gasteiger partial charge in [0.25, 0.3) is 0 Å². The fourth-order valence-corrected chi connectivity index (χ4v) is 2.22. The lowest BCUT2D eigenvalue weighted by Crippen LogP contribution is -2.31. The van der Waals surface area contributed by atoms with E-state index in [4.69, 9.17) is 4.74 Å².